The molecule has 1 aliphatic heterocycles. The van der Waals surface area contributed by atoms with Crippen LogP contribution >= 0.6 is 0 Å². The molecule has 1 aliphatic rings. The van der Waals surface area contributed by atoms with Gasteiger partial charge < -0.3 is 14.4 Å². The monoisotopic (exact) mass is 437 g/mol. The molecule has 0 bridgehead atoms. The second kappa shape index (κ2) is 8.62. The largest absolute Gasteiger partial charge is 0.493 e. The van der Waals surface area contributed by atoms with E-state index in [-0.39, 0.29) is 11.8 Å². The normalized spacial score (nSPS) is 15.4. The molecule has 0 radical (unpaired) electrons. The average molecular weight is 438 g/mol. The first-order chi connectivity index (χ1) is 16.1. The summed E-state index contributed by atoms with van der Waals surface area (Å²) >= 11 is 0. The van der Waals surface area contributed by atoms with E-state index in [0.717, 1.165) is 33.2 Å². The number of benzene rings is 4. The lowest BCUT2D eigenvalue weighted by Crippen LogP contribution is -2.36. The van der Waals surface area contributed by atoms with Gasteiger partial charge in [-0.3, -0.25) is 4.79 Å². The van der Waals surface area contributed by atoms with Crippen molar-refractivity contribution in [1.82, 2.24) is 0 Å². The molecule has 4 aromatic rings. The number of nitrogens with zero attached hydrogens (tertiary/aromatic N) is 1. The molecule has 166 valence electrons. The first-order valence-corrected chi connectivity index (χ1v) is 11.2. The molecule has 4 nitrogen and oxygen atoms in total. The Labute approximate surface area is 194 Å². The second-order valence-electron chi connectivity index (χ2n) is 8.53. The number of carbonyl (C=O) groups is 1. The predicted molar refractivity (Wildman–Crippen MR) is 132 cm³/mol. The van der Waals surface area contributed by atoms with Crippen LogP contribution in [-0.4, -0.2) is 20.1 Å². The van der Waals surface area contributed by atoms with Crippen LogP contribution in [0.5, 0.6) is 11.5 Å². The summed E-state index contributed by atoms with van der Waals surface area (Å²) in [5, 5.41) is 2.32. The Hall–Kier alpha value is -3.79. The molecule has 4 aromatic carbocycles. The minimum absolute atomic E-state index is 0.106. The summed E-state index contributed by atoms with van der Waals surface area (Å²) in [7, 11) is 3.29. The Kier molecular flexibility index (Phi) is 5.51. The van der Waals surface area contributed by atoms with E-state index in [2.05, 4.69) is 55.5 Å². The Balaban J connectivity index is 1.71. The predicted octanol–water partition coefficient (Wildman–Crippen LogP) is 6.23. The molecule has 0 N–H and O–H groups in total. The number of anilines is 1. The van der Waals surface area contributed by atoms with Crippen LogP contribution in [0.1, 0.15) is 34.6 Å². The maximum Gasteiger partial charge on any atom is 0.228 e. The first kappa shape index (κ1) is 21.1. The van der Waals surface area contributed by atoms with E-state index in [1.165, 1.54) is 5.56 Å². The van der Waals surface area contributed by atoms with Crippen LogP contribution < -0.4 is 14.4 Å². The van der Waals surface area contributed by atoms with E-state index in [1.54, 1.807) is 14.2 Å². The molecule has 5 rings (SSSR count). The van der Waals surface area contributed by atoms with Gasteiger partial charge in [-0.05, 0) is 41.0 Å². The molecule has 1 heterocycles. The van der Waals surface area contributed by atoms with Crippen molar-refractivity contribution >= 4 is 22.4 Å². The molecule has 1 unspecified atom stereocenters. The highest BCUT2D eigenvalue weighted by molar-refractivity contribution is 6.03. The lowest BCUT2D eigenvalue weighted by Gasteiger charge is -2.36. The van der Waals surface area contributed by atoms with Gasteiger partial charge in [-0.25, -0.2) is 0 Å². The van der Waals surface area contributed by atoms with Crippen LogP contribution in [0.3, 0.4) is 0 Å². The number of para-hydroxylation sites is 1. The molecule has 1 amide bonds. The van der Waals surface area contributed by atoms with Gasteiger partial charge in [-0.2, -0.15) is 0 Å². The first-order valence-electron chi connectivity index (χ1n) is 11.2. The summed E-state index contributed by atoms with van der Waals surface area (Å²) in [6, 6.07) is 26.8. The van der Waals surface area contributed by atoms with Crippen molar-refractivity contribution in [3.05, 3.63) is 101 Å². The van der Waals surface area contributed by atoms with Gasteiger partial charge in [0.15, 0.2) is 11.5 Å². The van der Waals surface area contributed by atoms with Gasteiger partial charge in [-0.15, -0.1) is 0 Å². The van der Waals surface area contributed by atoms with Gasteiger partial charge >= 0.3 is 0 Å². The van der Waals surface area contributed by atoms with Crippen LogP contribution in [0, 0.1) is 6.92 Å². The minimum atomic E-state index is -0.127. The van der Waals surface area contributed by atoms with Crippen LogP contribution in [0.25, 0.3) is 10.8 Å². The molecule has 0 aromatic heterocycles. The van der Waals surface area contributed by atoms with Gasteiger partial charge in [0.05, 0.1) is 20.8 Å². The summed E-state index contributed by atoms with van der Waals surface area (Å²) in [5.41, 5.74) is 5.40. The van der Waals surface area contributed by atoms with Crippen molar-refractivity contribution in [1.29, 1.82) is 0 Å². The number of hydrogen-bond acceptors (Lipinski definition) is 3. The third-order valence-electron chi connectivity index (χ3n) is 6.50. The van der Waals surface area contributed by atoms with E-state index in [4.69, 9.17) is 9.47 Å². The Morgan fingerprint density at radius 1 is 0.909 bits per heavy atom. The van der Waals surface area contributed by atoms with E-state index >= 15 is 0 Å². The topological polar surface area (TPSA) is 38.8 Å². The number of methoxy groups -OCH3 is 2. The van der Waals surface area contributed by atoms with E-state index in [9.17, 15) is 4.79 Å². The molecule has 1 atom stereocenters. The fraction of sp³-hybridized carbons (Fsp3) is 0.207. The number of rotatable bonds is 5. The number of aryl methyl sites for hydroxylation is 1. The van der Waals surface area contributed by atoms with E-state index < -0.39 is 0 Å². The average Bonchev–Trinajstić information content (AvgIpc) is 2.84. The van der Waals surface area contributed by atoms with E-state index in [0.29, 0.717) is 24.5 Å². The zero-order valence-corrected chi connectivity index (χ0v) is 19.2. The van der Waals surface area contributed by atoms with Crippen molar-refractivity contribution in [2.75, 3.05) is 19.1 Å². The van der Waals surface area contributed by atoms with Crippen LogP contribution in [0.15, 0.2) is 78.9 Å². The zero-order valence-electron chi connectivity index (χ0n) is 19.2. The summed E-state index contributed by atoms with van der Waals surface area (Å²) in [5.74, 6) is 1.34. The number of carbonyl (C=O) groups excluding carboxylic acids is 1. The summed E-state index contributed by atoms with van der Waals surface area (Å²) < 4.78 is 11.3. The van der Waals surface area contributed by atoms with Gasteiger partial charge in [0.25, 0.3) is 0 Å². The number of fused-ring (bicyclic) bond motifs is 3. The number of ether oxygens (including phenoxy) is 2. The quantitative estimate of drug-likeness (QED) is 0.371. The van der Waals surface area contributed by atoms with Crippen molar-refractivity contribution in [3.63, 3.8) is 0 Å². The molecular weight excluding hydrogens is 410 g/mol. The molecule has 4 heteroatoms. The SMILES string of the molecule is COc1cccc(C2CC(=O)N(Cc3cccc(C)c3)c3ccc4ccccc4c32)c1OC. The smallest absolute Gasteiger partial charge is 0.228 e. The summed E-state index contributed by atoms with van der Waals surface area (Å²) in [4.78, 5) is 15.5. The lowest BCUT2D eigenvalue weighted by atomic mass is 9.80. The van der Waals surface area contributed by atoms with Crippen molar-refractivity contribution in [2.24, 2.45) is 0 Å². The van der Waals surface area contributed by atoms with Crippen molar-refractivity contribution < 1.29 is 14.3 Å². The maximum absolute atomic E-state index is 13.6. The third kappa shape index (κ3) is 3.72. The van der Waals surface area contributed by atoms with E-state index in [1.807, 2.05) is 35.2 Å². The number of amides is 1. The van der Waals surface area contributed by atoms with Gasteiger partial charge in [0.1, 0.15) is 0 Å². The third-order valence-corrected chi connectivity index (χ3v) is 6.50. The van der Waals surface area contributed by atoms with Gasteiger partial charge in [0.2, 0.25) is 5.91 Å². The Bertz CT molecular complexity index is 1340. The second-order valence-corrected chi connectivity index (χ2v) is 8.53. The fourth-order valence-electron chi connectivity index (χ4n) is 5.03. The minimum Gasteiger partial charge on any atom is -0.493 e. The molecule has 0 saturated carbocycles. The zero-order chi connectivity index (χ0) is 22.9. The molecule has 0 aliphatic carbocycles. The van der Waals surface area contributed by atoms with Gasteiger partial charge in [0, 0.05) is 23.6 Å². The highest BCUT2D eigenvalue weighted by atomic mass is 16.5. The molecule has 33 heavy (non-hydrogen) atoms. The summed E-state index contributed by atoms with van der Waals surface area (Å²) in [6.07, 6.45) is 0.371. The maximum atomic E-state index is 13.6. The fourth-order valence-corrected chi connectivity index (χ4v) is 5.03. The van der Waals surface area contributed by atoms with Gasteiger partial charge in [-0.1, -0.05) is 72.3 Å². The standard InChI is InChI=1S/C29H27NO3/c1-19-8-6-9-20(16-19)18-30-25-15-14-21-10-4-5-11-22(21)28(25)24(17-27(30)31)23-12-7-13-26(32-2)29(23)33-3/h4-16,24H,17-18H2,1-3H3. The molecule has 0 spiro atoms. The van der Waals surface area contributed by atoms with Crippen molar-refractivity contribution in [3.8, 4) is 11.5 Å². The Morgan fingerprint density at radius 3 is 2.52 bits per heavy atom. The number of hydrogen-bond donors (Lipinski definition) is 0. The van der Waals surface area contributed by atoms with Crippen molar-refractivity contribution in [2.45, 2.75) is 25.8 Å². The highest BCUT2D eigenvalue weighted by Gasteiger charge is 2.35. The van der Waals surface area contributed by atoms with Crippen LogP contribution in [0.4, 0.5) is 5.69 Å². The molecule has 0 saturated heterocycles. The van der Waals surface area contributed by atoms with Crippen LogP contribution in [-0.2, 0) is 11.3 Å². The molecular formula is C29H27NO3. The lowest BCUT2D eigenvalue weighted by molar-refractivity contribution is -0.119. The van der Waals surface area contributed by atoms with Crippen LogP contribution in [0.2, 0.25) is 0 Å². The molecule has 0 fully saturated rings. The highest BCUT2D eigenvalue weighted by Crippen LogP contribution is 2.48. The Morgan fingerprint density at radius 2 is 1.73 bits per heavy atom. The summed E-state index contributed by atoms with van der Waals surface area (Å²) in [6.45, 7) is 2.63.